The average molecular weight is 484 g/mol. The molecule has 192 valence electrons. The van der Waals surface area contributed by atoms with E-state index in [9.17, 15) is 9.90 Å². The zero-order valence-electron chi connectivity index (χ0n) is 21.8. The largest absolute Gasteiger partial charge is 0.481 e. The van der Waals surface area contributed by atoms with Crippen molar-refractivity contribution in [2.75, 3.05) is 31.0 Å². The lowest BCUT2D eigenvalue weighted by Crippen LogP contribution is -2.41. The number of nitrogens with zero attached hydrogens (tertiary/aromatic N) is 2. The molecule has 0 radical (unpaired) electrons. The fraction of sp³-hybridized carbons (Fsp3) is 0.571. The quantitative estimate of drug-likeness (QED) is 0.385. The molecule has 35 heavy (non-hydrogen) atoms. The van der Waals surface area contributed by atoms with Crippen molar-refractivity contribution in [3.63, 3.8) is 0 Å². The van der Waals surface area contributed by atoms with Crippen molar-refractivity contribution in [2.45, 2.75) is 77.5 Å². The van der Waals surface area contributed by atoms with Crippen LogP contribution in [0.4, 0.5) is 17.2 Å². The number of nitrogens with one attached hydrogen (secondary N) is 1. The summed E-state index contributed by atoms with van der Waals surface area (Å²) in [5.41, 5.74) is 4.11. The van der Waals surface area contributed by atoms with Gasteiger partial charge in [0.05, 0.1) is 30.5 Å². The van der Waals surface area contributed by atoms with Gasteiger partial charge in [-0.25, -0.2) is 4.98 Å². The van der Waals surface area contributed by atoms with Crippen LogP contribution in [0.15, 0.2) is 36.5 Å². The number of rotatable bonds is 12. The van der Waals surface area contributed by atoms with Gasteiger partial charge in [0.25, 0.3) is 0 Å². The van der Waals surface area contributed by atoms with Crippen LogP contribution in [-0.2, 0) is 20.9 Å². The van der Waals surface area contributed by atoms with Crippen molar-refractivity contribution in [1.82, 2.24) is 4.98 Å². The molecule has 1 fully saturated rings. The van der Waals surface area contributed by atoms with Crippen molar-refractivity contribution < 1.29 is 19.4 Å². The molecule has 1 aliphatic rings. The van der Waals surface area contributed by atoms with Crippen molar-refractivity contribution in [1.29, 1.82) is 0 Å². The maximum absolute atomic E-state index is 11.3. The van der Waals surface area contributed by atoms with Crippen LogP contribution in [0, 0.1) is 5.92 Å². The van der Waals surface area contributed by atoms with E-state index in [-0.39, 0.29) is 12.3 Å². The fourth-order valence-corrected chi connectivity index (χ4v) is 4.91. The molecule has 2 N–H and O–H groups in total. The summed E-state index contributed by atoms with van der Waals surface area (Å²) in [6, 6.07) is 10.7. The maximum Gasteiger partial charge on any atom is 0.303 e. The second-order valence-corrected chi connectivity index (χ2v) is 10.1. The topological polar surface area (TPSA) is 83.9 Å². The molecule has 3 rings (SSSR count). The second-order valence-electron chi connectivity index (χ2n) is 10.1. The van der Waals surface area contributed by atoms with Gasteiger partial charge in [0.15, 0.2) is 0 Å². The van der Waals surface area contributed by atoms with Gasteiger partial charge in [0.1, 0.15) is 5.82 Å². The molecular weight excluding hydrogens is 442 g/mol. The molecule has 0 amide bonds. The molecule has 1 aromatic heterocycles. The van der Waals surface area contributed by atoms with E-state index in [0.29, 0.717) is 24.7 Å². The number of aromatic nitrogens is 1. The van der Waals surface area contributed by atoms with Gasteiger partial charge in [-0.2, -0.15) is 0 Å². The summed E-state index contributed by atoms with van der Waals surface area (Å²) < 4.78 is 10.8. The molecule has 1 aliphatic carbocycles. The van der Waals surface area contributed by atoms with Crippen LogP contribution in [-0.4, -0.2) is 49.0 Å². The van der Waals surface area contributed by atoms with Crippen molar-refractivity contribution >= 4 is 23.2 Å². The third-order valence-corrected chi connectivity index (χ3v) is 6.76. The number of hydrogen-bond donors (Lipinski definition) is 2. The summed E-state index contributed by atoms with van der Waals surface area (Å²) in [6.45, 7) is 7.93. The Balaban J connectivity index is 1.96. The molecule has 1 atom stereocenters. The Kier molecular flexibility index (Phi) is 9.93. The number of hydrogen-bond acceptors (Lipinski definition) is 6. The molecule has 0 bridgehead atoms. The number of carboxylic acid groups (broad SMARTS) is 1. The molecule has 0 spiro atoms. The van der Waals surface area contributed by atoms with Gasteiger partial charge in [-0.15, -0.1) is 0 Å². The van der Waals surface area contributed by atoms with E-state index in [1.54, 1.807) is 14.2 Å². The lowest BCUT2D eigenvalue weighted by Gasteiger charge is -2.40. The fourth-order valence-electron chi connectivity index (χ4n) is 4.91. The highest BCUT2D eigenvalue weighted by Crippen LogP contribution is 2.37. The van der Waals surface area contributed by atoms with E-state index in [0.717, 1.165) is 60.5 Å². The van der Waals surface area contributed by atoms with Crippen LogP contribution in [0.1, 0.15) is 69.9 Å². The number of anilines is 3. The summed E-state index contributed by atoms with van der Waals surface area (Å²) in [5, 5.41) is 12.9. The van der Waals surface area contributed by atoms with Gasteiger partial charge in [-0.1, -0.05) is 32.9 Å². The molecule has 2 aromatic rings. The number of pyridine rings is 1. The Morgan fingerprint density at radius 2 is 1.89 bits per heavy atom. The lowest BCUT2D eigenvalue weighted by atomic mass is 9.90. The summed E-state index contributed by atoms with van der Waals surface area (Å²) >= 11 is 0. The van der Waals surface area contributed by atoms with Crippen LogP contribution >= 0.6 is 0 Å². The molecule has 7 nitrogen and oxygen atoms in total. The average Bonchev–Trinajstić information content (AvgIpc) is 2.83. The summed E-state index contributed by atoms with van der Waals surface area (Å²) in [7, 11) is 3.48. The predicted molar refractivity (Wildman–Crippen MR) is 141 cm³/mol. The van der Waals surface area contributed by atoms with Gasteiger partial charge >= 0.3 is 5.97 Å². The highest BCUT2D eigenvalue weighted by atomic mass is 16.5. The molecule has 1 aromatic carbocycles. The van der Waals surface area contributed by atoms with E-state index in [4.69, 9.17) is 9.47 Å². The highest BCUT2D eigenvalue weighted by Gasteiger charge is 2.28. The van der Waals surface area contributed by atoms with Crippen LogP contribution < -0.4 is 10.2 Å². The highest BCUT2D eigenvalue weighted by molar-refractivity contribution is 5.76. The van der Waals surface area contributed by atoms with Gasteiger partial charge < -0.3 is 24.8 Å². The number of benzene rings is 1. The van der Waals surface area contributed by atoms with E-state index in [1.807, 2.05) is 25.3 Å². The van der Waals surface area contributed by atoms with E-state index >= 15 is 0 Å². The smallest absolute Gasteiger partial charge is 0.303 e. The number of carboxylic acids is 1. The lowest BCUT2D eigenvalue weighted by molar-refractivity contribution is -0.137. The standard InChI is InChI=1S/C28H41N3O4/c1-19(2)17-31(23-8-10-24(35-5)11-9-23)26-12-7-22(20(3)14-28(32)33)15-25(26)30-27-13-6-21(16-29-27)18-34-4/h6-7,12-13,15-16,19-20,23-24H,8-11,14,17-18H2,1-5H3,(H,29,30)(H,32,33)/t20-,23?,24?/m1/s1. The van der Waals surface area contributed by atoms with Gasteiger partial charge in [-0.05, 0) is 66.8 Å². The Hall–Kier alpha value is -2.64. The first-order chi connectivity index (χ1) is 16.8. The molecule has 0 unspecified atom stereocenters. The van der Waals surface area contributed by atoms with E-state index in [2.05, 4.69) is 47.2 Å². The maximum atomic E-state index is 11.3. The first-order valence-electron chi connectivity index (χ1n) is 12.7. The predicted octanol–water partition coefficient (Wildman–Crippen LogP) is 5.97. The van der Waals surface area contributed by atoms with Gasteiger partial charge in [0.2, 0.25) is 0 Å². The zero-order chi connectivity index (χ0) is 25.4. The van der Waals surface area contributed by atoms with Crippen LogP contribution in [0.25, 0.3) is 0 Å². The molecule has 1 saturated carbocycles. The Bertz CT molecular complexity index is 940. The molecule has 0 saturated heterocycles. The summed E-state index contributed by atoms with van der Waals surface area (Å²) in [6.07, 6.45) is 6.57. The van der Waals surface area contributed by atoms with Gasteiger partial charge in [-0.3, -0.25) is 4.79 Å². The molecular formula is C28H41N3O4. The number of ether oxygens (including phenoxy) is 2. The minimum Gasteiger partial charge on any atom is -0.481 e. The van der Waals surface area contributed by atoms with Crippen LogP contribution in [0.2, 0.25) is 0 Å². The van der Waals surface area contributed by atoms with Crippen LogP contribution in [0.3, 0.4) is 0 Å². The monoisotopic (exact) mass is 483 g/mol. The summed E-state index contributed by atoms with van der Waals surface area (Å²) in [5.74, 6) is 0.374. The number of methoxy groups -OCH3 is 2. The SMILES string of the molecule is COCc1ccc(Nc2cc([C@H](C)CC(=O)O)ccc2N(CC(C)C)C2CCC(OC)CC2)nc1. The Morgan fingerprint density at radius 3 is 2.46 bits per heavy atom. The summed E-state index contributed by atoms with van der Waals surface area (Å²) in [4.78, 5) is 18.5. The third-order valence-electron chi connectivity index (χ3n) is 6.76. The van der Waals surface area contributed by atoms with Crippen molar-refractivity contribution in [2.24, 2.45) is 5.92 Å². The molecule has 7 heteroatoms. The molecule has 0 aliphatic heterocycles. The van der Waals surface area contributed by atoms with E-state index in [1.165, 1.54) is 0 Å². The molecule has 1 heterocycles. The normalized spacial score (nSPS) is 18.9. The minimum atomic E-state index is -0.789. The van der Waals surface area contributed by atoms with Crippen LogP contribution in [0.5, 0.6) is 0 Å². The minimum absolute atomic E-state index is 0.0881. The first-order valence-corrected chi connectivity index (χ1v) is 12.7. The second kappa shape index (κ2) is 12.9. The Morgan fingerprint density at radius 1 is 1.14 bits per heavy atom. The van der Waals surface area contributed by atoms with Crippen molar-refractivity contribution in [3.05, 3.63) is 47.7 Å². The zero-order valence-corrected chi connectivity index (χ0v) is 21.8. The van der Waals surface area contributed by atoms with E-state index < -0.39 is 5.97 Å². The Labute approximate surface area is 209 Å². The van der Waals surface area contributed by atoms with Gasteiger partial charge in [0, 0.05) is 33.0 Å². The third kappa shape index (κ3) is 7.67. The first kappa shape index (κ1) is 27.0. The van der Waals surface area contributed by atoms with Crippen molar-refractivity contribution in [3.8, 4) is 0 Å². The number of carbonyl (C=O) groups is 1. The number of aliphatic carboxylic acids is 1.